The van der Waals surface area contributed by atoms with Crippen molar-refractivity contribution < 1.29 is 4.74 Å². The number of rotatable bonds is 4. The van der Waals surface area contributed by atoms with Gasteiger partial charge in [0.05, 0.1) is 18.5 Å². The molecule has 0 radical (unpaired) electrons. The van der Waals surface area contributed by atoms with Gasteiger partial charge in [-0.2, -0.15) is 5.10 Å². The van der Waals surface area contributed by atoms with E-state index in [1.165, 1.54) is 11.3 Å². The van der Waals surface area contributed by atoms with Crippen LogP contribution in [-0.4, -0.2) is 33.0 Å². The van der Waals surface area contributed by atoms with Crippen LogP contribution in [-0.2, 0) is 13.0 Å². The van der Waals surface area contributed by atoms with Crippen molar-refractivity contribution in [3.8, 4) is 28.6 Å². The van der Waals surface area contributed by atoms with Crippen molar-refractivity contribution in [2.24, 2.45) is 0 Å². The van der Waals surface area contributed by atoms with Gasteiger partial charge in [0.1, 0.15) is 5.75 Å². The van der Waals surface area contributed by atoms with Crippen LogP contribution in [0.1, 0.15) is 11.3 Å². The highest BCUT2D eigenvalue weighted by Gasteiger charge is 2.24. The first-order chi connectivity index (χ1) is 13.8. The molecule has 0 spiro atoms. The molecule has 6 heteroatoms. The molecule has 0 atom stereocenters. The van der Waals surface area contributed by atoms with Gasteiger partial charge < -0.3 is 10.1 Å². The summed E-state index contributed by atoms with van der Waals surface area (Å²) in [6.07, 6.45) is 4.72. The molecule has 0 saturated heterocycles. The van der Waals surface area contributed by atoms with Gasteiger partial charge in [-0.25, -0.2) is 9.67 Å². The van der Waals surface area contributed by atoms with Gasteiger partial charge in [0.2, 0.25) is 5.95 Å². The fraction of sp³-hybridized carbons (Fsp3) is 0.182. The summed E-state index contributed by atoms with van der Waals surface area (Å²) in [7, 11) is 1.68. The predicted octanol–water partition coefficient (Wildman–Crippen LogP) is 3.38. The zero-order valence-corrected chi connectivity index (χ0v) is 15.7. The molecule has 140 valence electrons. The van der Waals surface area contributed by atoms with Crippen LogP contribution in [0, 0.1) is 0 Å². The van der Waals surface area contributed by atoms with Crippen molar-refractivity contribution in [2.45, 2.75) is 13.0 Å². The standard InChI is InChI=1S/C22H21N5O/c1-28-18-9-7-16(8-10-18)21-19-15-23-12-11-20(19)27(25-21)22-24-13-14-26(22)17-5-3-2-4-6-17/h2-10,13-14,23H,11-12,15H2,1H3. The van der Waals surface area contributed by atoms with Gasteiger partial charge in [-0.15, -0.1) is 0 Å². The van der Waals surface area contributed by atoms with Gasteiger partial charge >= 0.3 is 0 Å². The Balaban J connectivity index is 1.66. The number of benzene rings is 2. The Morgan fingerprint density at radius 2 is 1.86 bits per heavy atom. The van der Waals surface area contributed by atoms with E-state index in [0.717, 1.165) is 48.2 Å². The summed E-state index contributed by atoms with van der Waals surface area (Å²) >= 11 is 0. The van der Waals surface area contributed by atoms with E-state index >= 15 is 0 Å². The number of aromatic nitrogens is 4. The Bertz CT molecular complexity index is 1100. The highest BCUT2D eigenvalue weighted by molar-refractivity contribution is 5.66. The maximum Gasteiger partial charge on any atom is 0.235 e. The van der Waals surface area contributed by atoms with Crippen molar-refractivity contribution in [3.05, 3.63) is 78.2 Å². The summed E-state index contributed by atoms with van der Waals surface area (Å²) in [5.74, 6) is 1.65. The van der Waals surface area contributed by atoms with Crippen LogP contribution < -0.4 is 10.1 Å². The number of fused-ring (bicyclic) bond motifs is 1. The highest BCUT2D eigenvalue weighted by Crippen LogP contribution is 2.30. The van der Waals surface area contributed by atoms with Gasteiger partial charge in [-0.3, -0.25) is 4.57 Å². The lowest BCUT2D eigenvalue weighted by molar-refractivity contribution is 0.415. The fourth-order valence-corrected chi connectivity index (χ4v) is 3.74. The lowest BCUT2D eigenvalue weighted by Crippen LogP contribution is -2.25. The van der Waals surface area contributed by atoms with Gasteiger partial charge in [-0.1, -0.05) is 18.2 Å². The lowest BCUT2D eigenvalue weighted by Gasteiger charge is -2.16. The smallest absolute Gasteiger partial charge is 0.235 e. The average molecular weight is 371 g/mol. The third kappa shape index (κ3) is 2.78. The topological polar surface area (TPSA) is 56.9 Å². The van der Waals surface area contributed by atoms with Crippen LogP contribution in [0.5, 0.6) is 5.75 Å². The first kappa shape index (κ1) is 16.8. The summed E-state index contributed by atoms with van der Waals surface area (Å²) in [5, 5.41) is 8.47. The molecule has 28 heavy (non-hydrogen) atoms. The molecule has 4 aromatic rings. The molecule has 2 aromatic carbocycles. The normalized spacial score (nSPS) is 13.3. The van der Waals surface area contributed by atoms with Gasteiger partial charge in [-0.05, 0) is 36.4 Å². The number of imidazole rings is 1. The first-order valence-corrected chi connectivity index (χ1v) is 9.40. The van der Waals surface area contributed by atoms with E-state index in [0.29, 0.717) is 0 Å². The fourth-order valence-electron chi connectivity index (χ4n) is 3.74. The van der Waals surface area contributed by atoms with Crippen LogP contribution in [0.3, 0.4) is 0 Å². The molecule has 6 nitrogen and oxygen atoms in total. The van der Waals surface area contributed by atoms with E-state index in [4.69, 9.17) is 9.84 Å². The minimum Gasteiger partial charge on any atom is -0.497 e. The molecular formula is C22H21N5O. The van der Waals surface area contributed by atoms with E-state index < -0.39 is 0 Å². The van der Waals surface area contributed by atoms with E-state index in [1.807, 2.05) is 47.4 Å². The van der Waals surface area contributed by atoms with Crippen molar-refractivity contribution in [3.63, 3.8) is 0 Å². The van der Waals surface area contributed by atoms with E-state index in [1.54, 1.807) is 7.11 Å². The zero-order valence-electron chi connectivity index (χ0n) is 15.7. The summed E-state index contributed by atoms with van der Waals surface area (Å²) in [6.45, 7) is 1.75. The summed E-state index contributed by atoms with van der Waals surface area (Å²) < 4.78 is 9.37. The zero-order chi connectivity index (χ0) is 18.9. The molecule has 0 unspecified atom stereocenters. The number of nitrogens with one attached hydrogen (secondary N) is 1. The minimum atomic E-state index is 0.808. The Hall–Kier alpha value is -3.38. The second-order valence-corrected chi connectivity index (χ2v) is 6.77. The predicted molar refractivity (Wildman–Crippen MR) is 108 cm³/mol. The number of ether oxygens (including phenoxy) is 1. The second-order valence-electron chi connectivity index (χ2n) is 6.77. The summed E-state index contributed by atoms with van der Waals surface area (Å²) in [6, 6.07) is 18.3. The Morgan fingerprint density at radius 3 is 2.64 bits per heavy atom. The monoisotopic (exact) mass is 371 g/mol. The molecule has 1 aliphatic rings. The Morgan fingerprint density at radius 1 is 1.04 bits per heavy atom. The maximum absolute atomic E-state index is 5.30. The minimum absolute atomic E-state index is 0.808. The van der Waals surface area contributed by atoms with Crippen molar-refractivity contribution in [1.82, 2.24) is 24.6 Å². The van der Waals surface area contributed by atoms with Crippen molar-refractivity contribution >= 4 is 0 Å². The molecule has 3 heterocycles. The first-order valence-electron chi connectivity index (χ1n) is 9.40. The molecule has 5 rings (SSSR count). The maximum atomic E-state index is 5.30. The molecule has 2 aromatic heterocycles. The highest BCUT2D eigenvalue weighted by atomic mass is 16.5. The van der Waals surface area contributed by atoms with Gasteiger partial charge in [0, 0.05) is 48.7 Å². The molecule has 1 aliphatic heterocycles. The summed E-state index contributed by atoms with van der Waals surface area (Å²) in [5.41, 5.74) is 5.59. The number of nitrogens with zero attached hydrogens (tertiary/aromatic N) is 4. The molecule has 0 bridgehead atoms. The molecule has 0 fully saturated rings. The van der Waals surface area contributed by atoms with Crippen molar-refractivity contribution in [2.75, 3.05) is 13.7 Å². The van der Waals surface area contributed by atoms with Crippen LogP contribution in [0.15, 0.2) is 67.0 Å². The molecule has 0 saturated carbocycles. The Kier molecular flexibility index (Phi) is 4.18. The number of methoxy groups -OCH3 is 1. The third-order valence-corrected chi connectivity index (χ3v) is 5.14. The van der Waals surface area contributed by atoms with Crippen molar-refractivity contribution in [1.29, 1.82) is 0 Å². The molecule has 0 aliphatic carbocycles. The Labute approximate surface area is 163 Å². The van der Waals surface area contributed by atoms with E-state index in [-0.39, 0.29) is 0 Å². The molecular weight excluding hydrogens is 350 g/mol. The van der Waals surface area contributed by atoms with Crippen LogP contribution >= 0.6 is 0 Å². The third-order valence-electron chi connectivity index (χ3n) is 5.14. The largest absolute Gasteiger partial charge is 0.497 e. The lowest BCUT2D eigenvalue weighted by atomic mass is 10.0. The van der Waals surface area contributed by atoms with E-state index in [2.05, 4.69) is 39.1 Å². The van der Waals surface area contributed by atoms with E-state index in [9.17, 15) is 0 Å². The van der Waals surface area contributed by atoms with Crippen LogP contribution in [0.2, 0.25) is 0 Å². The number of hydrogen-bond donors (Lipinski definition) is 1. The average Bonchev–Trinajstić information content (AvgIpc) is 3.39. The second kappa shape index (κ2) is 6.98. The summed E-state index contributed by atoms with van der Waals surface area (Å²) in [4.78, 5) is 4.63. The number of para-hydroxylation sites is 1. The number of hydrogen-bond acceptors (Lipinski definition) is 4. The SMILES string of the molecule is COc1ccc(-c2nn(-c3nccn3-c3ccccc3)c3c2CNCC3)cc1. The quantitative estimate of drug-likeness (QED) is 0.598. The van der Waals surface area contributed by atoms with Gasteiger partial charge in [0.15, 0.2) is 0 Å². The van der Waals surface area contributed by atoms with Crippen LogP contribution in [0.4, 0.5) is 0 Å². The van der Waals surface area contributed by atoms with Gasteiger partial charge in [0.25, 0.3) is 0 Å². The molecule has 0 amide bonds. The van der Waals surface area contributed by atoms with Crippen LogP contribution in [0.25, 0.3) is 22.9 Å². The molecule has 1 N–H and O–H groups in total.